The second-order valence-electron chi connectivity index (χ2n) is 24.3. The van der Waals surface area contributed by atoms with Gasteiger partial charge in [-0.15, -0.1) is 0 Å². The van der Waals surface area contributed by atoms with Crippen molar-refractivity contribution in [3.63, 3.8) is 0 Å². The van der Waals surface area contributed by atoms with Crippen molar-refractivity contribution in [1.29, 1.82) is 0 Å². The summed E-state index contributed by atoms with van der Waals surface area (Å²) in [5.41, 5.74) is 0.540. The van der Waals surface area contributed by atoms with Crippen LogP contribution in [0, 0.1) is 41.4 Å². The molecule has 0 bridgehead atoms. The Hall–Kier alpha value is -3.08. The van der Waals surface area contributed by atoms with E-state index in [-0.39, 0.29) is 49.6 Å². The van der Waals surface area contributed by atoms with Crippen LogP contribution in [0.15, 0.2) is 59.8 Å². The van der Waals surface area contributed by atoms with E-state index in [1.165, 1.54) is 39.0 Å². The average Bonchev–Trinajstić information content (AvgIpc) is 4.00. The number of aliphatic hydroxyl groups excluding tert-OH is 16. The summed E-state index contributed by atoms with van der Waals surface area (Å²) in [6, 6.07) is 0. The summed E-state index contributed by atoms with van der Waals surface area (Å²) in [6.45, 7) is 14.2. The van der Waals surface area contributed by atoms with Gasteiger partial charge in [0, 0.05) is 66.8 Å². The number of ether oxygens (including phenoxy) is 4. The Morgan fingerprint density at radius 1 is 0.578 bits per heavy atom. The van der Waals surface area contributed by atoms with E-state index in [4.69, 9.17) is 18.9 Å². The van der Waals surface area contributed by atoms with Crippen LogP contribution in [0.4, 0.5) is 0 Å². The zero-order chi connectivity index (χ0) is 62.6. The van der Waals surface area contributed by atoms with E-state index in [0.29, 0.717) is 37.7 Å². The van der Waals surface area contributed by atoms with Crippen LogP contribution in [-0.2, 0) is 28.5 Å². The second kappa shape index (κ2) is 36.3. The van der Waals surface area contributed by atoms with Gasteiger partial charge in [-0.2, -0.15) is 0 Å². The van der Waals surface area contributed by atoms with Gasteiger partial charge in [0.2, 0.25) is 0 Å². The van der Waals surface area contributed by atoms with Gasteiger partial charge in [-0.1, -0.05) is 97.1 Å². The van der Waals surface area contributed by atoms with Crippen molar-refractivity contribution in [3.8, 4) is 0 Å². The first-order valence-electron chi connectivity index (χ1n) is 29.8. The summed E-state index contributed by atoms with van der Waals surface area (Å²) >= 11 is 0. The number of esters is 2. The first kappa shape index (κ1) is 74.2. The first-order chi connectivity index (χ1) is 38.9. The van der Waals surface area contributed by atoms with Crippen LogP contribution in [0.2, 0.25) is 0 Å². The molecule has 0 spiro atoms. The Morgan fingerprint density at radius 3 is 1.76 bits per heavy atom. The monoisotopic (exact) mass is 1190 g/mol. The minimum atomic E-state index is -1.88. The number of aliphatic hydroxyl groups is 16. The molecule has 3 heterocycles. The molecule has 0 aliphatic carbocycles. The molecule has 2 fully saturated rings. The highest BCUT2D eigenvalue weighted by molar-refractivity contribution is 5.87. The predicted octanol–water partition coefficient (Wildman–Crippen LogP) is 1.05. The van der Waals surface area contributed by atoms with Crippen LogP contribution < -0.4 is 0 Å². The molecule has 0 amide bonds. The molecule has 0 unspecified atom stereocenters. The quantitative estimate of drug-likeness (QED) is 0.135. The molecule has 0 aromatic rings. The summed E-state index contributed by atoms with van der Waals surface area (Å²) in [7, 11) is 0. The van der Waals surface area contributed by atoms with Gasteiger partial charge in [0.15, 0.2) is 6.29 Å². The molecule has 0 saturated carbocycles. The van der Waals surface area contributed by atoms with Crippen LogP contribution in [0.3, 0.4) is 0 Å². The number of allylic oxidation sites excluding steroid dienone is 2. The molecule has 22 heteroatoms. The molecule has 16 N–H and O–H groups in total. The molecule has 0 radical (unpaired) electrons. The molecule has 480 valence electrons. The summed E-state index contributed by atoms with van der Waals surface area (Å²) < 4.78 is 22.9. The SMILES string of the molecule is CC1=CCC[C@@H](C)[C@H](O)[C@@H](C)[C@H](O)CCC=C[C@@H](C)[C@H](O)C=C[C@@H](C)[C@H](O)C(C)=C[C@@H](O[C@@H]2O[C@@H](CO)[C@H](O)[C@@H](O)[C@@H]2O)[C@H](O)C[C@@H](O)C[C@H](O)C[C@@H](O)[C@@H](C)[C@H](O)[C@H](C)[C@H](O)C[C@@H](O)C[C@H](O)C=CC[C@H]([C@@H](C)[C@H]2CCC(=O)O2)OC1=O. The van der Waals surface area contributed by atoms with Crippen molar-refractivity contribution in [1.82, 2.24) is 0 Å². The van der Waals surface area contributed by atoms with Crippen LogP contribution >= 0.6 is 0 Å². The molecule has 3 aliphatic rings. The topological polar surface area (TPSA) is 395 Å². The highest BCUT2D eigenvalue weighted by Crippen LogP contribution is 2.31. The number of hydrogen-bond donors (Lipinski definition) is 16. The number of cyclic esters (lactones) is 2. The molecule has 3 aliphatic heterocycles. The van der Waals surface area contributed by atoms with Crippen LogP contribution in [0.5, 0.6) is 0 Å². The molecule has 2 saturated heterocycles. The normalized spacial score (nSPS) is 43.1. The lowest BCUT2D eigenvalue weighted by molar-refractivity contribution is -0.313. The molecule has 22 nitrogen and oxygen atoms in total. The van der Waals surface area contributed by atoms with E-state index in [0.717, 1.165) is 0 Å². The highest BCUT2D eigenvalue weighted by atomic mass is 16.7. The number of carbonyl (C=O) groups is 2. The number of hydrogen-bond acceptors (Lipinski definition) is 22. The maximum absolute atomic E-state index is 13.5. The van der Waals surface area contributed by atoms with Crippen molar-refractivity contribution in [3.05, 3.63) is 59.8 Å². The van der Waals surface area contributed by atoms with Crippen molar-refractivity contribution in [2.45, 2.75) is 262 Å². The second-order valence-corrected chi connectivity index (χ2v) is 24.3. The Bertz CT molecular complexity index is 2050. The van der Waals surface area contributed by atoms with Gasteiger partial charge in [0.25, 0.3) is 0 Å². The van der Waals surface area contributed by atoms with Crippen molar-refractivity contribution < 1.29 is 110 Å². The van der Waals surface area contributed by atoms with E-state index in [1.807, 2.05) is 13.0 Å². The molecule has 3 rings (SSSR count). The lowest BCUT2D eigenvalue weighted by atomic mass is 9.82. The summed E-state index contributed by atoms with van der Waals surface area (Å²) in [6.07, 6.45) is -13.0. The van der Waals surface area contributed by atoms with Gasteiger partial charge in [-0.3, -0.25) is 4.79 Å². The van der Waals surface area contributed by atoms with Crippen LogP contribution in [0.1, 0.15) is 139 Å². The predicted molar refractivity (Wildman–Crippen MR) is 305 cm³/mol. The zero-order valence-electron chi connectivity index (χ0n) is 50.0. The molecular weight excluding hydrogens is 1080 g/mol. The maximum atomic E-state index is 13.5. The van der Waals surface area contributed by atoms with E-state index >= 15 is 0 Å². The fourth-order valence-corrected chi connectivity index (χ4v) is 10.9. The van der Waals surface area contributed by atoms with Gasteiger partial charge >= 0.3 is 11.9 Å². The smallest absolute Gasteiger partial charge is 0.333 e. The third kappa shape index (κ3) is 23.9. The Labute approximate surface area is 490 Å². The van der Waals surface area contributed by atoms with Gasteiger partial charge in [0.05, 0.1) is 79.9 Å². The van der Waals surface area contributed by atoms with E-state index in [2.05, 4.69) is 0 Å². The van der Waals surface area contributed by atoms with Crippen molar-refractivity contribution >= 4 is 11.9 Å². The van der Waals surface area contributed by atoms with Crippen LogP contribution in [-0.4, -0.2) is 223 Å². The third-order valence-electron chi connectivity index (χ3n) is 17.2. The van der Waals surface area contributed by atoms with Gasteiger partial charge in [-0.05, 0) is 76.7 Å². The number of rotatable bonds is 5. The highest BCUT2D eigenvalue weighted by Gasteiger charge is 2.46. The molecular formula is C61H104O22. The van der Waals surface area contributed by atoms with Gasteiger partial charge in [-0.25, -0.2) is 4.79 Å². The fraction of sp³-hybridized carbons (Fsp3) is 0.803. The lowest BCUT2D eigenvalue weighted by Gasteiger charge is -2.41. The Morgan fingerprint density at radius 2 is 1.17 bits per heavy atom. The van der Waals surface area contributed by atoms with E-state index in [9.17, 15) is 91.3 Å². The molecule has 83 heavy (non-hydrogen) atoms. The van der Waals surface area contributed by atoms with E-state index < -0.39 is 183 Å². The maximum Gasteiger partial charge on any atom is 0.333 e. The lowest BCUT2D eigenvalue weighted by Crippen LogP contribution is -2.60. The molecule has 0 aromatic carbocycles. The summed E-state index contributed by atoms with van der Waals surface area (Å²) in [5.74, 6) is -5.08. The zero-order valence-corrected chi connectivity index (χ0v) is 50.0. The third-order valence-corrected chi connectivity index (χ3v) is 17.2. The first-order valence-corrected chi connectivity index (χ1v) is 29.8. The standard InChI is InChI=1S/C61H104O22/c1-31-14-10-11-18-45(68)36(6)55(74)32(2)15-12-16-34(4)60(79)81-49(39(9)50-22-23-53(72)80-50)19-13-17-40(63)25-41(64)27-46(69)37(7)56(75)38(8)47(70)28-42(65)26-43(66)29-48(71)51(24-35(5)54(73)33(3)20-21-44(31)67)82-61-59(78)58(77)57(76)52(30-62)83-61/h10,13-14,16-17,20-21,24,31-33,36-52,54-59,61-71,73-78H,11-12,15,18-19,22-23,25-30H2,1-9H3/t31-,32-,33-,36+,37-,38-,39-,40-,41+,42+,43+,44-,45-,46-,47-,48-,49-,50-,51-,52+,54+,55+,56-,57+,58-,59+,61-/m1/s1. The average molecular weight is 1190 g/mol. The molecule has 27 atom stereocenters. The number of carbonyl (C=O) groups excluding carboxylic acids is 2. The summed E-state index contributed by atoms with van der Waals surface area (Å²) in [4.78, 5) is 25.5. The van der Waals surface area contributed by atoms with Crippen LogP contribution in [0.25, 0.3) is 0 Å². The largest absolute Gasteiger partial charge is 0.462 e. The minimum Gasteiger partial charge on any atom is -0.462 e. The van der Waals surface area contributed by atoms with Crippen molar-refractivity contribution in [2.24, 2.45) is 41.4 Å². The summed E-state index contributed by atoms with van der Waals surface area (Å²) in [5, 5.41) is 175. The molecule has 0 aromatic heterocycles. The Balaban J connectivity index is 1.88. The minimum absolute atomic E-state index is 0.118. The van der Waals surface area contributed by atoms with Crippen molar-refractivity contribution in [2.75, 3.05) is 6.61 Å². The van der Waals surface area contributed by atoms with Gasteiger partial charge < -0.3 is 101 Å². The fourth-order valence-electron chi connectivity index (χ4n) is 10.9. The Kier molecular flexibility index (Phi) is 32.4. The van der Waals surface area contributed by atoms with E-state index in [1.54, 1.807) is 58.9 Å². The van der Waals surface area contributed by atoms with Gasteiger partial charge in [0.1, 0.15) is 42.7 Å².